The van der Waals surface area contributed by atoms with E-state index in [0.29, 0.717) is 5.56 Å². The molecule has 0 unspecified atom stereocenters. The van der Waals surface area contributed by atoms with Gasteiger partial charge in [-0.2, -0.15) is 0 Å². The predicted molar refractivity (Wildman–Crippen MR) is 100 cm³/mol. The second kappa shape index (κ2) is 7.71. The third-order valence-electron chi connectivity index (χ3n) is 3.37. The summed E-state index contributed by atoms with van der Waals surface area (Å²) in [6, 6.07) is 16.9. The molecule has 0 heterocycles. The van der Waals surface area contributed by atoms with Crippen LogP contribution in [0.15, 0.2) is 71.2 Å². The highest BCUT2D eigenvalue weighted by Crippen LogP contribution is 2.18. The lowest BCUT2D eigenvalue weighted by molar-refractivity contribution is -0.111. The van der Waals surface area contributed by atoms with Gasteiger partial charge in [-0.15, -0.1) is 0 Å². The topological polar surface area (TPSA) is 66.7 Å². The van der Waals surface area contributed by atoms with Gasteiger partial charge in [-0.25, -0.2) is 0 Å². The highest BCUT2D eigenvalue weighted by atomic mass is 16.3. The average Bonchev–Trinajstić information content (AvgIpc) is 2.61. The number of aliphatic imine (C=N–C) groups is 1. The van der Waals surface area contributed by atoms with Crippen LogP contribution in [0.4, 0.5) is 0 Å². The van der Waals surface area contributed by atoms with Gasteiger partial charge in [-0.3, -0.25) is 14.6 Å². The number of Topliss-reactive ketones (excluding diaryl/α,β-unsaturated/α-hetero) is 2. The van der Waals surface area contributed by atoms with Crippen LogP contribution in [-0.2, 0) is 4.79 Å². The van der Waals surface area contributed by atoms with Gasteiger partial charge in [-0.1, -0.05) is 60.7 Å². The van der Waals surface area contributed by atoms with Crippen molar-refractivity contribution in [2.75, 3.05) is 0 Å². The lowest BCUT2D eigenvalue weighted by Crippen LogP contribution is -2.20. The largest absolute Gasteiger partial charge is 0.506 e. The van der Waals surface area contributed by atoms with Gasteiger partial charge in [0.25, 0.3) is 0 Å². The van der Waals surface area contributed by atoms with E-state index in [4.69, 9.17) is 0 Å². The van der Waals surface area contributed by atoms with Crippen molar-refractivity contribution in [3.63, 3.8) is 0 Å². The molecular weight excluding hydrogens is 314 g/mol. The number of nitrogens with zero attached hydrogens (tertiary/aromatic N) is 1. The Balaban J connectivity index is 2.50. The summed E-state index contributed by atoms with van der Waals surface area (Å²) in [6.07, 6.45) is 1.28. The van der Waals surface area contributed by atoms with Gasteiger partial charge in [0, 0.05) is 17.3 Å². The molecule has 0 saturated carbocycles. The summed E-state index contributed by atoms with van der Waals surface area (Å²) in [5.41, 5.74) is 0.162. The van der Waals surface area contributed by atoms with Crippen LogP contribution >= 0.6 is 0 Å². The van der Waals surface area contributed by atoms with Crippen molar-refractivity contribution in [1.82, 2.24) is 0 Å². The lowest BCUT2D eigenvalue weighted by atomic mass is 9.98. The van der Waals surface area contributed by atoms with E-state index in [1.54, 1.807) is 60.7 Å². The molecule has 0 aliphatic rings. The predicted octanol–water partition coefficient (Wildman–Crippen LogP) is 4.28. The zero-order valence-electron chi connectivity index (χ0n) is 14.6. The van der Waals surface area contributed by atoms with Crippen molar-refractivity contribution in [2.24, 2.45) is 4.99 Å². The minimum absolute atomic E-state index is 0.116. The smallest absolute Gasteiger partial charge is 0.238 e. The Labute approximate surface area is 147 Å². The van der Waals surface area contributed by atoms with Crippen LogP contribution in [0.3, 0.4) is 0 Å². The normalized spacial score (nSPS) is 12.8. The molecule has 0 radical (unpaired) electrons. The minimum Gasteiger partial charge on any atom is -0.506 e. The molecule has 2 rings (SSSR count). The van der Waals surface area contributed by atoms with Crippen LogP contribution in [0.25, 0.3) is 5.76 Å². The van der Waals surface area contributed by atoms with Gasteiger partial charge >= 0.3 is 0 Å². The van der Waals surface area contributed by atoms with Crippen molar-refractivity contribution in [3.8, 4) is 0 Å². The van der Waals surface area contributed by atoms with Crippen LogP contribution in [0.5, 0.6) is 0 Å². The molecule has 2 aromatic carbocycles. The molecule has 4 nitrogen and oxygen atoms in total. The highest BCUT2D eigenvalue weighted by molar-refractivity contribution is 6.54. The van der Waals surface area contributed by atoms with Gasteiger partial charge < -0.3 is 5.11 Å². The summed E-state index contributed by atoms with van der Waals surface area (Å²) in [5, 5.41) is 10.6. The molecule has 0 aromatic heterocycles. The average molecular weight is 335 g/mol. The second-order valence-corrected chi connectivity index (χ2v) is 6.58. The van der Waals surface area contributed by atoms with Gasteiger partial charge in [-0.05, 0) is 20.8 Å². The molecule has 0 bridgehead atoms. The maximum atomic E-state index is 12.7. The fraction of sp³-hybridized carbons (Fsp3) is 0.190. The van der Waals surface area contributed by atoms with E-state index in [-0.39, 0.29) is 16.9 Å². The van der Waals surface area contributed by atoms with E-state index in [1.165, 1.54) is 6.21 Å². The SMILES string of the molecule is CC(C)(C)N=C/C(C(=O)C(=O)c1ccccc1)=C(\O)c1ccccc1. The molecular formula is C21H21NO3. The Morgan fingerprint density at radius 1 is 0.880 bits per heavy atom. The van der Waals surface area contributed by atoms with Crippen molar-refractivity contribution < 1.29 is 14.7 Å². The van der Waals surface area contributed by atoms with Crippen molar-refractivity contribution in [3.05, 3.63) is 77.4 Å². The molecule has 0 spiro atoms. The van der Waals surface area contributed by atoms with Crippen LogP contribution < -0.4 is 0 Å². The Hall–Kier alpha value is -3.01. The number of benzene rings is 2. The molecule has 0 atom stereocenters. The number of aliphatic hydroxyl groups excluding tert-OH is 1. The Morgan fingerprint density at radius 3 is 1.84 bits per heavy atom. The summed E-state index contributed by atoms with van der Waals surface area (Å²) < 4.78 is 0. The van der Waals surface area contributed by atoms with E-state index >= 15 is 0 Å². The number of rotatable bonds is 5. The molecule has 2 aromatic rings. The number of allylic oxidation sites excluding steroid dienone is 1. The maximum Gasteiger partial charge on any atom is 0.238 e. The fourth-order valence-electron chi connectivity index (χ4n) is 2.08. The molecule has 4 heteroatoms. The molecule has 0 aliphatic heterocycles. The third kappa shape index (κ3) is 4.98. The summed E-state index contributed by atoms with van der Waals surface area (Å²) in [4.78, 5) is 29.5. The molecule has 0 saturated heterocycles. The molecule has 0 aliphatic carbocycles. The number of aliphatic hydroxyl groups is 1. The van der Waals surface area contributed by atoms with Gasteiger partial charge in [0.05, 0.1) is 11.1 Å². The molecule has 0 fully saturated rings. The van der Waals surface area contributed by atoms with Gasteiger partial charge in [0.1, 0.15) is 5.76 Å². The Morgan fingerprint density at radius 2 is 1.36 bits per heavy atom. The summed E-state index contributed by atoms with van der Waals surface area (Å²) in [6.45, 7) is 5.60. The first-order valence-electron chi connectivity index (χ1n) is 7.97. The Bertz CT molecular complexity index is 813. The van der Waals surface area contributed by atoms with Crippen LogP contribution in [0.1, 0.15) is 36.7 Å². The minimum atomic E-state index is -0.791. The molecule has 0 amide bonds. The van der Waals surface area contributed by atoms with Crippen molar-refractivity contribution >= 4 is 23.5 Å². The van der Waals surface area contributed by atoms with Crippen LogP contribution in [-0.4, -0.2) is 28.4 Å². The zero-order valence-corrected chi connectivity index (χ0v) is 14.6. The molecule has 1 N–H and O–H groups in total. The standard InChI is InChI=1S/C21H21NO3/c1-21(2,3)22-14-17(18(23)15-10-6-4-7-11-15)20(25)19(24)16-12-8-5-9-13-16/h4-14,23H,1-3H3/b18-17+,22-14?. The zero-order chi connectivity index (χ0) is 18.4. The first-order chi connectivity index (χ1) is 11.8. The third-order valence-corrected chi connectivity index (χ3v) is 3.37. The first kappa shape index (κ1) is 18.3. The maximum absolute atomic E-state index is 12.7. The number of ketones is 2. The number of carbonyl (C=O) groups is 2. The number of carbonyl (C=O) groups excluding carboxylic acids is 2. The molecule has 128 valence electrons. The Kier molecular flexibility index (Phi) is 5.65. The summed E-state index contributed by atoms with van der Waals surface area (Å²) in [7, 11) is 0. The van der Waals surface area contributed by atoms with Crippen LogP contribution in [0.2, 0.25) is 0 Å². The van der Waals surface area contributed by atoms with Gasteiger partial charge in [0.2, 0.25) is 11.6 Å². The monoisotopic (exact) mass is 335 g/mol. The van der Waals surface area contributed by atoms with E-state index in [1.807, 2.05) is 20.8 Å². The molecule has 25 heavy (non-hydrogen) atoms. The highest BCUT2D eigenvalue weighted by Gasteiger charge is 2.24. The summed E-state index contributed by atoms with van der Waals surface area (Å²) in [5.74, 6) is -1.73. The van der Waals surface area contributed by atoms with E-state index in [2.05, 4.69) is 4.99 Å². The van der Waals surface area contributed by atoms with Gasteiger partial charge in [0.15, 0.2) is 0 Å². The second-order valence-electron chi connectivity index (χ2n) is 6.58. The lowest BCUT2D eigenvalue weighted by Gasteiger charge is -2.12. The summed E-state index contributed by atoms with van der Waals surface area (Å²) >= 11 is 0. The quantitative estimate of drug-likeness (QED) is 0.292. The number of hydrogen-bond donors (Lipinski definition) is 1. The van der Waals surface area contributed by atoms with E-state index in [9.17, 15) is 14.7 Å². The van der Waals surface area contributed by atoms with E-state index in [0.717, 1.165) is 0 Å². The number of hydrogen-bond acceptors (Lipinski definition) is 4. The van der Waals surface area contributed by atoms with Crippen LogP contribution in [0, 0.1) is 0 Å². The first-order valence-corrected chi connectivity index (χ1v) is 7.97. The van der Waals surface area contributed by atoms with E-state index < -0.39 is 17.1 Å². The van der Waals surface area contributed by atoms with Crippen molar-refractivity contribution in [2.45, 2.75) is 26.3 Å². The fourth-order valence-corrected chi connectivity index (χ4v) is 2.08. The van der Waals surface area contributed by atoms with Crippen molar-refractivity contribution in [1.29, 1.82) is 0 Å².